The molecule has 2 aromatic rings. The van der Waals surface area contributed by atoms with E-state index in [1.165, 1.54) is 0 Å². The van der Waals surface area contributed by atoms with E-state index in [-0.39, 0.29) is 11.6 Å². The smallest absolute Gasteiger partial charge is 0.271 e. The molecule has 0 aliphatic heterocycles. The lowest BCUT2D eigenvalue weighted by Crippen LogP contribution is -2.07. The molecule has 3 N–H and O–H groups in total. The molecule has 4 heteroatoms. The van der Waals surface area contributed by atoms with E-state index in [1.54, 1.807) is 10.7 Å². The summed E-state index contributed by atoms with van der Waals surface area (Å²) in [5, 5.41) is 3.41. The Morgan fingerprint density at radius 2 is 2.21 bits per heavy atom. The fraction of sp³-hybridized carbons (Fsp3) is 0.300. The van der Waals surface area contributed by atoms with Crippen molar-refractivity contribution in [3.8, 4) is 0 Å². The Morgan fingerprint density at radius 3 is 2.86 bits per heavy atom. The number of hydrogen-bond donors (Lipinski definition) is 2. The summed E-state index contributed by atoms with van der Waals surface area (Å²) in [6.07, 6.45) is 0. The Kier molecular flexibility index (Phi) is 1.93. The molecule has 0 saturated heterocycles. The normalized spacial score (nSPS) is 13.4. The van der Waals surface area contributed by atoms with Crippen molar-refractivity contribution in [3.05, 3.63) is 34.1 Å². The average Bonchev–Trinajstić information content (AvgIpc) is 2.43. The fourth-order valence-corrected chi connectivity index (χ4v) is 1.75. The largest absolute Gasteiger partial charge is 0.324 e. The van der Waals surface area contributed by atoms with Crippen LogP contribution in [0.4, 0.5) is 0 Å². The molecule has 0 spiro atoms. The van der Waals surface area contributed by atoms with E-state index in [1.807, 2.05) is 26.1 Å². The number of aryl methyl sites for hydroxylation is 1. The number of nitrogens with zero attached hydrogens (tertiary/aromatic N) is 1. The molecule has 14 heavy (non-hydrogen) atoms. The standard InChI is InChI=1S/C10H13N3O/c1-6(11)7-4-3-5-8-9(7)13(2)12-10(8)14/h3-6H,11H2,1-2H3,(H,12,14). The van der Waals surface area contributed by atoms with E-state index in [9.17, 15) is 4.79 Å². The summed E-state index contributed by atoms with van der Waals surface area (Å²) >= 11 is 0. The minimum Gasteiger partial charge on any atom is -0.324 e. The van der Waals surface area contributed by atoms with Gasteiger partial charge in [-0.15, -0.1) is 0 Å². The van der Waals surface area contributed by atoms with Crippen LogP contribution >= 0.6 is 0 Å². The van der Waals surface area contributed by atoms with E-state index in [2.05, 4.69) is 5.10 Å². The lowest BCUT2D eigenvalue weighted by atomic mass is 10.1. The molecule has 0 bridgehead atoms. The average molecular weight is 191 g/mol. The molecule has 4 nitrogen and oxygen atoms in total. The first-order valence-corrected chi connectivity index (χ1v) is 4.54. The van der Waals surface area contributed by atoms with Crippen LogP contribution in [0.3, 0.4) is 0 Å². The van der Waals surface area contributed by atoms with Crippen molar-refractivity contribution < 1.29 is 0 Å². The Morgan fingerprint density at radius 1 is 1.50 bits per heavy atom. The van der Waals surface area contributed by atoms with Gasteiger partial charge >= 0.3 is 0 Å². The van der Waals surface area contributed by atoms with Crippen molar-refractivity contribution in [1.82, 2.24) is 9.78 Å². The zero-order valence-electron chi connectivity index (χ0n) is 8.24. The minimum absolute atomic E-state index is 0.0648. The quantitative estimate of drug-likeness (QED) is 0.703. The predicted molar refractivity (Wildman–Crippen MR) is 56.1 cm³/mol. The first-order valence-electron chi connectivity index (χ1n) is 4.54. The number of aromatic amines is 1. The zero-order valence-corrected chi connectivity index (χ0v) is 8.24. The molecule has 0 aliphatic carbocycles. The maximum absolute atomic E-state index is 11.5. The second kappa shape index (κ2) is 2.99. The Balaban J connectivity index is 2.92. The lowest BCUT2D eigenvalue weighted by molar-refractivity contribution is 0.761. The number of rotatable bonds is 1. The van der Waals surface area contributed by atoms with Crippen molar-refractivity contribution >= 4 is 10.9 Å². The monoisotopic (exact) mass is 191 g/mol. The summed E-state index contributed by atoms with van der Waals surface area (Å²) in [4.78, 5) is 11.5. The Labute approximate surface area is 81.3 Å². The maximum atomic E-state index is 11.5. The zero-order chi connectivity index (χ0) is 10.3. The first kappa shape index (κ1) is 9.02. The number of nitrogens with two attached hydrogens (primary N) is 1. The molecule has 1 unspecified atom stereocenters. The van der Waals surface area contributed by atoms with Gasteiger partial charge in [-0.25, -0.2) is 0 Å². The number of fused-ring (bicyclic) bond motifs is 1. The third kappa shape index (κ3) is 1.15. The van der Waals surface area contributed by atoms with Gasteiger partial charge in [-0.3, -0.25) is 14.6 Å². The highest BCUT2D eigenvalue weighted by Gasteiger charge is 2.10. The van der Waals surface area contributed by atoms with Crippen LogP contribution in [0.2, 0.25) is 0 Å². The van der Waals surface area contributed by atoms with Gasteiger partial charge in [0.15, 0.2) is 0 Å². The van der Waals surface area contributed by atoms with Gasteiger partial charge in [-0.1, -0.05) is 12.1 Å². The second-order valence-electron chi connectivity index (χ2n) is 3.53. The Hall–Kier alpha value is -1.55. The van der Waals surface area contributed by atoms with Crippen molar-refractivity contribution in [1.29, 1.82) is 0 Å². The van der Waals surface area contributed by atoms with Crippen molar-refractivity contribution in [2.75, 3.05) is 0 Å². The first-order chi connectivity index (χ1) is 6.61. The minimum atomic E-state index is -0.0694. The van der Waals surface area contributed by atoms with Crippen molar-refractivity contribution in [3.63, 3.8) is 0 Å². The molecule has 0 radical (unpaired) electrons. The van der Waals surface area contributed by atoms with Crippen LogP contribution in [0, 0.1) is 0 Å². The number of hydrogen-bond acceptors (Lipinski definition) is 2. The van der Waals surface area contributed by atoms with E-state index in [0.29, 0.717) is 5.39 Å². The molecule has 0 aliphatic rings. The van der Waals surface area contributed by atoms with Gasteiger partial charge in [-0.2, -0.15) is 0 Å². The van der Waals surface area contributed by atoms with Crippen LogP contribution in [-0.2, 0) is 7.05 Å². The number of benzene rings is 1. The lowest BCUT2D eigenvalue weighted by Gasteiger charge is -2.07. The summed E-state index contributed by atoms with van der Waals surface area (Å²) < 4.78 is 1.72. The molecule has 0 amide bonds. The predicted octanol–water partition coefficient (Wildman–Crippen LogP) is 0.886. The number of H-pyrrole nitrogens is 1. The highest BCUT2D eigenvalue weighted by atomic mass is 16.1. The van der Waals surface area contributed by atoms with Gasteiger partial charge < -0.3 is 5.73 Å². The maximum Gasteiger partial charge on any atom is 0.271 e. The molecular formula is C10H13N3O. The molecule has 1 atom stereocenters. The van der Waals surface area contributed by atoms with E-state index >= 15 is 0 Å². The fourth-order valence-electron chi connectivity index (χ4n) is 1.75. The van der Waals surface area contributed by atoms with Crippen LogP contribution in [-0.4, -0.2) is 9.78 Å². The molecule has 74 valence electrons. The molecule has 1 aromatic carbocycles. The molecule has 1 aromatic heterocycles. The molecule has 0 fully saturated rings. The summed E-state index contributed by atoms with van der Waals surface area (Å²) in [6, 6.07) is 5.54. The summed E-state index contributed by atoms with van der Waals surface area (Å²) in [5.74, 6) is 0. The van der Waals surface area contributed by atoms with E-state index < -0.39 is 0 Å². The van der Waals surface area contributed by atoms with Gasteiger partial charge in [0.2, 0.25) is 0 Å². The van der Waals surface area contributed by atoms with Crippen LogP contribution in [0.15, 0.2) is 23.0 Å². The Bertz CT molecular complexity index is 522. The number of nitrogens with one attached hydrogen (secondary N) is 1. The number of aromatic nitrogens is 2. The van der Waals surface area contributed by atoms with E-state index in [4.69, 9.17) is 5.73 Å². The SMILES string of the molecule is CC(N)c1cccc2c(=O)[nH]n(C)c12. The van der Waals surface area contributed by atoms with Crippen LogP contribution in [0.25, 0.3) is 10.9 Å². The van der Waals surface area contributed by atoms with Crippen LogP contribution in [0.5, 0.6) is 0 Å². The molecule has 2 rings (SSSR count). The summed E-state index contributed by atoms with van der Waals surface area (Å²) in [6.45, 7) is 1.91. The van der Waals surface area contributed by atoms with Crippen molar-refractivity contribution in [2.24, 2.45) is 12.8 Å². The topological polar surface area (TPSA) is 63.8 Å². The van der Waals surface area contributed by atoms with Gasteiger partial charge in [-0.05, 0) is 18.6 Å². The highest BCUT2D eigenvalue weighted by molar-refractivity contribution is 5.82. The van der Waals surface area contributed by atoms with Gasteiger partial charge in [0, 0.05) is 13.1 Å². The second-order valence-corrected chi connectivity index (χ2v) is 3.53. The van der Waals surface area contributed by atoms with Gasteiger partial charge in [0.1, 0.15) is 0 Å². The molecule has 0 saturated carbocycles. The van der Waals surface area contributed by atoms with Gasteiger partial charge in [0.05, 0.1) is 10.9 Å². The van der Waals surface area contributed by atoms with E-state index in [0.717, 1.165) is 11.1 Å². The third-order valence-corrected chi connectivity index (χ3v) is 2.41. The molecular weight excluding hydrogens is 178 g/mol. The summed E-state index contributed by atoms with van der Waals surface area (Å²) in [7, 11) is 1.82. The third-order valence-electron chi connectivity index (χ3n) is 2.41. The number of para-hydroxylation sites is 1. The van der Waals surface area contributed by atoms with Crippen molar-refractivity contribution in [2.45, 2.75) is 13.0 Å². The van der Waals surface area contributed by atoms with Crippen LogP contribution < -0.4 is 11.3 Å². The summed E-state index contributed by atoms with van der Waals surface area (Å²) in [5.41, 5.74) is 7.65. The van der Waals surface area contributed by atoms with Gasteiger partial charge in [0.25, 0.3) is 5.56 Å². The molecule has 1 heterocycles. The van der Waals surface area contributed by atoms with Crippen LogP contribution in [0.1, 0.15) is 18.5 Å². The highest BCUT2D eigenvalue weighted by Crippen LogP contribution is 2.19.